The number of methoxy groups -OCH3 is 1. The van der Waals surface area contributed by atoms with Crippen molar-refractivity contribution in [1.29, 1.82) is 0 Å². The van der Waals surface area contributed by atoms with Crippen molar-refractivity contribution in [2.24, 2.45) is 4.99 Å². The molecule has 7 heteroatoms. The van der Waals surface area contributed by atoms with Crippen LogP contribution in [0.1, 0.15) is 58.6 Å². The van der Waals surface area contributed by atoms with Gasteiger partial charge in [0.15, 0.2) is 5.96 Å². The van der Waals surface area contributed by atoms with E-state index in [1.54, 1.807) is 7.11 Å². The van der Waals surface area contributed by atoms with Gasteiger partial charge in [-0.25, -0.2) is 9.79 Å². The predicted octanol–water partition coefficient (Wildman–Crippen LogP) is 3.99. The largest absolute Gasteiger partial charge is 0.443 e. The van der Waals surface area contributed by atoms with Gasteiger partial charge in [0.25, 0.3) is 0 Å². The first-order valence-electron chi connectivity index (χ1n) is 10.8. The minimum Gasteiger partial charge on any atom is -0.443 e. The zero-order valence-electron chi connectivity index (χ0n) is 19.5. The van der Waals surface area contributed by atoms with Gasteiger partial charge >= 0.3 is 6.09 Å². The van der Waals surface area contributed by atoms with Gasteiger partial charge in [-0.05, 0) is 71.6 Å². The molecule has 0 aliphatic heterocycles. The molecule has 168 valence electrons. The molecule has 1 aromatic rings. The van der Waals surface area contributed by atoms with Gasteiger partial charge in [-0.3, -0.25) is 4.90 Å². The minimum atomic E-state index is -0.511. The van der Waals surface area contributed by atoms with Gasteiger partial charge in [-0.2, -0.15) is 0 Å². The third-order valence-corrected chi connectivity index (χ3v) is 4.59. The van der Waals surface area contributed by atoms with Gasteiger partial charge in [0.2, 0.25) is 0 Å². The number of benzene rings is 1. The van der Waals surface area contributed by atoms with Crippen LogP contribution < -0.4 is 15.5 Å². The molecule has 2 N–H and O–H groups in total. The highest BCUT2D eigenvalue weighted by molar-refractivity contribution is 5.90. The Morgan fingerprint density at radius 3 is 2.57 bits per heavy atom. The fraction of sp³-hybridized carbons (Fsp3) is 0.652. The second kappa shape index (κ2) is 10.7. The van der Waals surface area contributed by atoms with Gasteiger partial charge in [0.05, 0.1) is 18.8 Å². The summed E-state index contributed by atoms with van der Waals surface area (Å²) >= 11 is 0. The molecule has 0 radical (unpaired) electrons. The molecule has 1 atom stereocenters. The normalized spacial score (nSPS) is 15.5. The van der Waals surface area contributed by atoms with Crippen LogP contribution >= 0.6 is 0 Å². The Balaban J connectivity index is 2.13. The van der Waals surface area contributed by atoms with Crippen LogP contribution in [0.4, 0.5) is 10.5 Å². The molecule has 0 heterocycles. The summed E-state index contributed by atoms with van der Waals surface area (Å²) in [6.45, 7) is 13.8. The van der Waals surface area contributed by atoms with Gasteiger partial charge in [-0.1, -0.05) is 12.1 Å². The molecule has 7 nitrogen and oxygen atoms in total. The summed E-state index contributed by atoms with van der Waals surface area (Å²) in [7, 11) is 1.69. The first-order valence-corrected chi connectivity index (χ1v) is 10.8. The Morgan fingerprint density at radius 1 is 1.33 bits per heavy atom. The van der Waals surface area contributed by atoms with Crippen molar-refractivity contribution in [3.05, 3.63) is 29.3 Å². The number of nitrogens with one attached hydrogen (secondary N) is 2. The summed E-state index contributed by atoms with van der Waals surface area (Å²) in [5.41, 5.74) is 2.54. The lowest BCUT2D eigenvalue weighted by Crippen LogP contribution is -2.43. The third-order valence-electron chi connectivity index (χ3n) is 4.59. The second-order valence-corrected chi connectivity index (χ2v) is 8.90. The number of aryl methyl sites for hydroxylation is 1. The van der Waals surface area contributed by atoms with E-state index < -0.39 is 5.60 Å². The van der Waals surface area contributed by atoms with E-state index in [0.29, 0.717) is 13.2 Å². The summed E-state index contributed by atoms with van der Waals surface area (Å²) in [6.07, 6.45) is 1.76. The Hall–Kier alpha value is -2.28. The van der Waals surface area contributed by atoms with Crippen molar-refractivity contribution in [2.45, 2.75) is 78.6 Å². The van der Waals surface area contributed by atoms with E-state index >= 15 is 0 Å². The maximum absolute atomic E-state index is 12.8. The van der Waals surface area contributed by atoms with E-state index in [1.807, 2.05) is 51.7 Å². The summed E-state index contributed by atoms with van der Waals surface area (Å²) in [6, 6.07) is 6.54. The SMILES string of the molecule is CCNC(=NCc1ccc(N(C(=O)OC(C)(C)C)C2CC2)c(C)c1)NC(C)COC. The molecule has 1 aromatic carbocycles. The van der Waals surface area contributed by atoms with Crippen LogP contribution in [0.15, 0.2) is 23.2 Å². The van der Waals surface area contributed by atoms with Gasteiger partial charge < -0.3 is 20.1 Å². The Morgan fingerprint density at radius 2 is 2.03 bits per heavy atom. The number of amides is 1. The molecule has 1 aliphatic carbocycles. The lowest BCUT2D eigenvalue weighted by Gasteiger charge is -2.28. The summed E-state index contributed by atoms with van der Waals surface area (Å²) in [4.78, 5) is 19.3. The predicted molar refractivity (Wildman–Crippen MR) is 122 cm³/mol. The number of rotatable bonds is 8. The molecule has 1 amide bonds. The highest BCUT2D eigenvalue weighted by Crippen LogP contribution is 2.35. The molecular formula is C23H38N4O3. The van der Waals surface area contributed by atoms with Crippen LogP contribution in [-0.4, -0.2) is 50.0 Å². The quantitative estimate of drug-likeness (QED) is 0.493. The number of hydrogen-bond acceptors (Lipinski definition) is 4. The van der Waals surface area contributed by atoms with E-state index in [2.05, 4.69) is 28.6 Å². The number of carbonyl (C=O) groups is 1. The molecule has 1 fully saturated rings. The zero-order valence-corrected chi connectivity index (χ0v) is 19.5. The minimum absolute atomic E-state index is 0.165. The van der Waals surface area contributed by atoms with Crippen molar-refractivity contribution in [3.8, 4) is 0 Å². The molecule has 0 bridgehead atoms. The second-order valence-electron chi connectivity index (χ2n) is 8.90. The molecule has 1 saturated carbocycles. The lowest BCUT2D eigenvalue weighted by molar-refractivity contribution is 0.0577. The Labute approximate surface area is 181 Å². The van der Waals surface area contributed by atoms with Crippen LogP contribution in [0.3, 0.4) is 0 Å². The van der Waals surface area contributed by atoms with E-state index in [0.717, 1.165) is 42.2 Å². The van der Waals surface area contributed by atoms with E-state index in [4.69, 9.17) is 9.47 Å². The molecule has 30 heavy (non-hydrogen) atoms. The molecular weight excluding hydrogens is 380 g/mol. The van der Waals surface area contributed by atoms with Crippen molar-refractivity contribution in [3.63, 3.8) is 0 Å². The number of nitrogens with zero attached hydrogens (tertiary/aromatic N) is 2. The standard InChI is InChI=1S/C23H38N4O3/c1-8-24-21(26-17(3)15-29-7)25-14-18-9-12-20(16(2)13-18)27(19-10-11-19)22(28)30-23(4,5)6/h9,12-13,17,19H,8,10-11,14-15H2,1-7H3,(H2,24,25,26). The van der Waals surface area contributed by atoms with Crippen LogP contribution in [0.5, 0.6) is 0 Å². The Bertz CT molecular complexity index is 738. The van der Waals surface area contributed by atoms with Crippen molar-refractivity contribution in [2.75, 3.05) is 25.2 Å². The number of hydrogen-bond donors (Lipinski definition) is 2. The number of ether oxygens (including phenoxy) is 2. The topological polar surface area (TPSA) is 75.2 Å². The zero-order chi connectivity index (χ0) is 22.3. The van der Waals surface area contributed by atoms with Crippen LogP contribution in [-0.2, 0) is 16.0 Å². The molecule has 0 spiro atoms. The number of guanidine groups is 1. The van der Waals surface area contributed by atoms with Crippen LogP contribution in [0.25, 0.3) is 0 Å². The van der Waals surface area contributed by atoms with Crippen molar-refractivity contribution in [1.82, 2.24) is 10.6 Å². The molecule has 0 aromatic heterocycles. The number of carbonyl (C=O) groups excluding carboxylic acids is 1. The third kappa shape index (κ3) is 7.52. The smallest absolute Gasteiger partial charge is 0.415 e. The van der Waals surface area contributed by atoms with Crippen LogP contribution in [0.2, 0.25) is 0 Å². The monoisotopic (exact) mass is 418 g/mol. The van der Waals surface area contributed by atoms with Gasteiger partial charge in [0.1, 0.15) is 5.60 Å². The van der Waals surface area contributed by atoms with E-state index in [1.165, 1.54) is 0 Å². The molecule has 1 aliphatic rings. The molecule has 1 unspecified atom stereocenters. The average Bonchev–Trinajstić information content (AvgIpc) is 3.45. The summed E-state index contributed by atoms with van der Waals surface area (Å²) in [5, 5.41) is 6.60. The molecule has 0 saturated heterocycles. The van der Waals surface area contributed by atoms with Gasteiger partial charge in [-0.15, -0.1) is 0 Å². The summed E-state index contributed by atoms with van der Waals surface area (Å²) < 4.78 is 10.8. The molecule has 2 rings (SSSR count). The van der Waals surface area contributed by atoms with Crippen LogP contribution in [0, 0.1) is 6.92 Å². The first-order chi connectivity index (χ1) is 14.1. The van der Waals surface area contributed by atoms with Crippen molar-refractivity contribution < 1.29 is 14.3 Å². The number of anilines is 1. The van der Waals surface area contributed by atoms with E-state index in [-0.39, 0.29) is 18.2 Å². The first kappa shape index (κ1) is 24.0. The lowest BCUT2D eigenvalue weighted by atomic mass is 10.1. The van der Waals surface area contributed by atoms with Gasteiger partial charge in [0, 0.05) is 25.7 Å². The Kier molecular flexibility index (Phi) is 8.53. The fourth-order valence-corrected chi connectivity index (χ4v) is 3.19. The van der Waals surface area contributed by atoms with E-state index in [9.17, 15) is 4.79 Å². The maximum atomic E-state index is 12.8. The fourth-order valence-electron chi connectivity index (χ4n) is 3.19. The van der Waals surface area contributed by atoms with Crippen molar-refractivity contribution >= 4 is 17.7 Å². The average molecular weight is 419 g/mol. The maximum Gasteiger partial charge on any atom is 0.415 e. The highest BCUT2D eigenvalue weighted by Gasteiger charge is 2.37. The number of aliphatic imine (C=N–C) groups is 1. The summed E-state index contributed by atoms with van der Waals surface area (Å²) in [5.74, 6) is 0.761. The highest BCUT2D eigenvalue weighted by atomic mass is 16.6.